The van der Waals surface area contributed by atoms with Gasteiger partial charge in [0.15, 0.2) is 0 Å². The maximum Gasteiger partial charge on any atom is 0.254 e. The van der Waals surface area contributed by atoms with E-state index in [2.05, 4.69) is 32.1 Å². The lowest BCUT2D eigenvalue weighted by Gasteiger charge is -2.30. The fraction of sp³-hybridized carbons (Fsp3) is 0.458. The van der Waals surface area contributed by atoms with Crippen LogP contribution in [0.15, 0.2) is 30.6 Å². The number of aromatic nitrogens is 4. The lowest BCUT2D eigenvalue weighted by Crippen LogP contribution is -2.37. The van der Waals surface area contributed by atoms with Gasteiger partial charge in [0, 0.05) is 44.2 Å². The molecular weight excluding hydrogens is 404 g/mol. The smallest absolute Gasteiger partial charge is 0.254 e. The number of carbonyl (C=O) groups excluding carboxylic acids is 1. The Hall–Kier alpha value is -3.29. The third kappa shape index (κ3) is 3.74. The number of amides is 1. The Bertz CT molecular complexity index is 1120. The minimum atomic E-state index is 0.0967. The van der Waals surface area contributed by atoms with E-state index < -0.39 is 0 Å². The summed E-state index contributed by atoms with van der Waals surface area (Å²) in [6, 6.07) is 6.32. The van der Waals surface area contributed by atoms with Crippen molar-refractivity contribution in [1.82, 2.24) is 24.2 Å². The Labute approximate surface area is 188 Å². The van der Waals surface area contributed by atoms with Crippen LogP contribution in [0.25, 0.3) is 0 Å². The first-order valence-corrected chi connectivity index (χ1v) is 11.4. The lowest BCUT2D eigenvalue weighted by atomic mass is 9.89. The van der Waals surface area contributed by atoms with Crippen LogP contribution in [-0.4, -0.2) is 50.8 Å². The molecule has 0 saturated heterocycles. The zero-order valence-electron chi connectivity index (χ0n) is 19.0. The molecule has 168 valence electrons. The predicted octanol–water partition coefficient (Wildman–Crippen LogP) is 3.27. The fourth-order valence-electron chi connectivity index (χ4n) is 4.72. The number of rotatable bonds is 8. The average Bonchev–Trinajstić information content (AvgIpc) is 3.43. The number of nitrogens with one attached hydrogen (secondary N) is 1. The monoisotopic (exact) mass is 434 g/mol. The molecule has 5 rings (SSSR count). The average molecular weight is 435 g/mol. The SMILES string of the molecule is CCn1nc(CN2CCc3c(cc(Cn4ccnc4NC)cc3C3CC3)C2=O)cc1OC. The van der Waals surface area contributed by atoms with Crippen molar-refractivity contribution in [3.8, 4) is 5.88 Å². The minimum absolute atomic E-state index is 0.0967. The van der Waals surface area contributed by atoms with Gasteiger partial charge in [-0.3, -0.25) is 4.79 Å². The van der Waals surface area contributed by atoms with Crippen molar-refractivity contribution in [2.24, 2.45) is 0 Å². The molecule has 3 heterocycles. The second kappa shape index (κ2) is 8.33. The van der Waals surface area contributed by atoms with Crippen molar-refractivity contribution in [3.63, 3.8) is 0 Å². The van der Waals surface area contributed by atoms with Crippen LogP contribution in [0.2, 0.25) is 0 Å². The first-order valence-electron chi connectivity index (χ1n) is 11.4. The Morgan fingerprint density at radius 2 is 2.06 bits per heavy atom. The van der Waals surface area contributed by atoms with Crippen LogP contribution in [0.5, 0.6) is 5.88 Å². The molecule has 3 aromatic rings. The van der Waals surface area contributed by atoms with Crippen LogP contribution in [0.4, 0.5) is 5.95 Å². The zero-order chi connectivity index (χ0) is 22.2. The molecule has 2 aliphatic rings. The molecular formula is C24H30N6O2. The first-order chi connectivity index (χ1) is 15.6. The molecule has 0 atom stereocenters. The first kappa shape index (κ1) is 20.6. The number of hydrogen-bond donors (Lipinski definition) is 1. The summed E-state index contributed by atoms with van der Waals surface area (Å²) < 4.78 is 9.31. The standard InChI is InChI=1S/C24H30N6O2/c1-4-30-22(32-3)13-18(27-30)15-28-9-7-19-20(17-5-6-17)11-16(12-21(19)23(28)31)14-29-10-8-26-24(29)25-2/h8,10-13,17H,4-7,9,14-15H2,1-3H3,(H,25,26). The molecule has 8 nitrogen and oxygen atoms in total. The van der Waals surface area contributed by atoms with Gasteiger partial charge in [-0.1, -0.05) is 6.07 Å². The summed E-state index contributed by atoms with van der Waals surface area (Å²) in [7, 11) is 3.52. The largest absolute Gasteiger partial charge is 0.481 e. The van der Waals surface area contributed by atoms with Gasteiger partial charge in [-0.2, -0.15) is 5.10 Å². The van der Waals surface area contributed by atoms with Crippen molar-refractivity contribution in [1.29, 1.82) is 0 Å². The number of hydrogen-bond acceptors (Lipinski definition) is 5. The summed E-state index contributed by atoms with van der Waals surface area (Å²) in [5.41, 5.74) is 5.47. The van der Waals surface area contributed by atoms with Crippen molar-refractivity contribution >= 4 is 11.9 Å². The molecule has 2 aromatic heterocycles. The topological polar surface area (TPSA) is 77.2 Å². The summed E-state index contributed by atoms with van der Waals surface area (Å²) in [6.07, 6.45) is 7.09. The Morgan fingerprint density at radius 3 is 2.75 bits per heavy atom. The van der Waals surface area contributed by atoms with Gasteiger partial charge in [-0.05, 0) is 54.9 Å². The van der Waals surface area contributed by atoms with Gasteiger partial charge in [0.05, 0.1) is 25.9 Å². The number of methoxy groups -OCH3 is 1. The summed E-state index contributed by atoms with van der Waals surface area (Å²) in [5, 5.41) is 7.73. The summed E-state index contributed by atoms with van der Waals surface area (Å²) in [6.45, 7) is 4.67. The normalized spacial score (nSPS) is 15.7. The number of carbonyl (C=O) groups is 1. The van der Waals surface area contributed by atoms with Crippen LogP contribution in [0.3, 0.4) is 0 Å². The van der Waals surface area contributed by atoms with Crippen LogP contribution >= 0.6 is 0 Å². The van der Waals surface area contributed by atoms with Gasteiger partial charge in [-0.25, -0.2) is 9.67 Å². The minimum Gasteiger partial charge on any atom is -0.481 e. The molecule has 0 unspecified atom stereocenters. The molecule has 0 spiro atoms. The van der Waals surface area contributed by atoms with Gasteiger partial charge in [0.1, 0.15) is 0 Å². The molecule has 1 saturated carbocycles. The maximum absolute atomic E-state index is 13.6. The second-order valence-electron chi connectivity index (χ2n) is 8.58. The van der Waals surface area contributed by atoms with Crippen LogP contribution in [0, 0.1) is 0 Å². The van der Waals surface area contributed by atoms with E-state index in [1.807, 2.05) is 35.8 Å². The van der Waals surface area contributed by atoms with E-state index in [9.17, 15) is 4.79 Å². The number of nitrogens with zero attached hydrogens (tertiary/aromatic N) is 5. The molecule has 0 bridgehead atoms. The van der Waals surface area contributed by atoms with Crippen LogP contribution in [0.1, 0.15) is 58.4 Å². The third-order valence-corrected chi connectivity index (χ3v) is 6.46. The van der Waals surface area contributed by atoms with Gasteiger partial charge >= 0.3 is 0 Å². The number of ether oxygens (including phenoxy) is 1. The van der Waals surface area contributed by atoms with E-state index in [1.54, 1.807) is 13.3 Å². The number of fused-ring (bicyclic) bond motifs is 1. The molecule has 1 fully saturated rings. The molecule has 8 heteroatoms. The highest BCUT2D eigenvalue weighted by molar-refractivity contribution is 5.97. The maximum atomic E-state index is 13.6. The van der Waals surface area contributed by atoms with Crippen molar-refractivity contribution in [2.45, 2.75) is 51.7 Å². The van der Waals surface area contributed by atoms with E-state index in [-0.39, 0.29) is 5.91 Å². The van der Waals surface area contributed by atoms with Crippen molar-refractivity contribution < 1.29 is 9.53 Å². The fourth-order valence-corrected chi connectivity index (χ4v) is 4.72. The van der Waals surface area contributed by atoms with Crippen molar-refractivity contribution in [2.75, 3.05) is 26.0 Å². The molecule has 1 aromatic carbocycles. The lowest BCUT2D eigenvalue weighted by molar-refractivity contribution is 0.0724. The Morgan fingerprint density at radius 1 is 1.22 bits per heavy atom. The third-order valence-electron chi connectivity index (χ3n) is 6.46. The molecule has 0 radical (unpaired) electrons. The van der Waals surface area contributed by atoms with Gasteiger partial charge in [0.2, 0.25) is 11.8 Å². The number of benzene rings is 1. The van der Waals surface area contributed by atoms with Crippen LogP contribution < -0.4 is 10.1 Å². The van der Waals surface area contributed by atoms with Gasteiger partial charge in [0.25, 0.3) is 5.91 Å². The second-order valence-corrected chi connectivity index (χ2v) is 8.58. The summed E-state index contributed by atoms with van der Waals surface area (Å²) in [5.74, 6) is 2.24. The summed E-state index contributed by atoms with van der Waals surface area (Å²) >= 11 is 0. The number of imidazole rings is 1. The molecule has 32 heavy (non-hydrogen) atoms. The highest BCUT2D eigenvalue weighted by Gasteiger charge is 2.33. The van der Waals surface area contributed by atoms with E-state index in [4.69, 9.17) is 4.74 Å². The predicted molar refractivity (Wildman–Crippen MR) is 122 cm³/mol. The van der Waals surface area contributed by atoms with E-state index in [1.165, 1.54) is 24.0 Å². The van der Waals surface area contributed by atoms with Crippen molar-refractivity contribution in [3.05, 3.63) is 58.5 Å². The van der Waals surface area contributed by atoms with E-state index in [0.29, 0.717) is 19.0 Å². The highest BCUT2D eigenvalue weighted by atomic mass is 16.5. The Balaban J connectivity index is 1.44. The molecule has 1 aliphatic carbocycles. The molecule has 1 amide bonds. The van der Waals surface area contributed by atoms with E-state index in [0.717, 1.165) is 48.2 Å². The number of anilines is 1. The van der Waals surface area contributed by atoms with Gasteiger partial charge in [-0.15, -0.1) is 0 Å². The highest BCUT2D eigenvalue weighted by Crippen LogP contribution is 2.44. The summed E-state index contributed by atoms with van der Waals surface area (Å²) in [4.78, 5) is 19.8. The molecule has 1 aliphatic heterocycles. The number of aryl methyl sites for hydroxylation is 1. The quantitative estimate of drug-likeness (QED) is 0.589. The zero-order valence-corrected chi connectivity index (χ0v) is 19.0. The van der Waals surface area contributed by atoms with Gasteiger partial charge < -0.3 is 19.5 Å². The van der Waals surface area contributed by atoms with E-state index >= 15 is 0 Å². The Kier molecular flexibility index (Phi) is 5.36. The molecule has 1 N–H and O–H groups in total. The van der Waals surface area contributed by atoms with Crippen LogP contribution in [-0.2, 0) is 26.1 Å².